The second-order valence-electron chi connectivity index (χ2n) is 7.14. The molecular weight excluding hydrogens is 341 g/mol. The summed E-state index contributed by atoms with van der Waals surface area (Å²) in [6.07, 6.45) is 3.49. The molecule has 6 heteroatoms. The monoisotopic (exact) mass is 361 g/mol. The number of fused-ring (bicyclic) bond motifs is 3. The fourth-order valence-electron chi connectivity index (χ4n) is 3.86. The van der Waals surface area contributed by atoms with Crippen LogP contribution in [0.4, 0.5) is 10.3 Å². The molecule has 27 heavy (non-hydrogen) atoms. The molecule has 0 spiro atoms. The summed E-state index contributed by atoms with van der Waals surface area (Å²) < 4.78 is 16.4. The summed E-state index contributed by atoms with van der Waals surface area (Å²) in [5, 5.41) is 9.74. The van der Waals surface area contributed by atoms with Crippen molar-refractivity contribution in [3.8, 4) is 11.4 Å². The summed E-state index contributed by atoms with van der Waals surface area (Å²) in [6.45, 7) is 3.92. The normalized spacial score (nSPS) is 15.0. The first-order valence-electron chi connectivity index (χ1n) is 9.38. The number of aromatic nitrogens is 4. The molecule has 0 radical (unpaired) electrons. The average molecular weight is 361 g/mol. The van der Waals surface area contributed by atoms with Crippen LogP contribution in [0.3, 0.4) is 0 Å². The van der Waals surface area contributed by atoms with Crippen LogP contribution in [0.2, 0.25) is 0 Å². The van der Waals surface area contributed by atoms with Gasteiger partial charge in [-0.3, -0.25) is 0 Å². The van der Waals surface area contributed by atoms with Crippen molar-refractivity contribution in [2.24, 2.45) is 0 Å². The van der Waals surface area contributed by atoms with Crippen molar-refractivity contribution in [2.45, 2.75) is 26.2 Å². The first kappa shape index (κ1) is 16.2. The quantitative estimate of drug-likeness (QED) is 0.531. The van der Waals surface area contributed by atoms with Gasteiger partial charge in [-0.05, 0) is 50.5 Å². The van der Waals surface area contributed by atoms with E-state index in [1.165, 1.54) is 12.5 Å². The van der Waals surface area contributed by atoms with E-state index in [1.807, 2.05) is 23.5 Å². The Morgan fingerprint density at radius 3 is 2.59 bits per heavy atom. The fraction of sp³-hybridized carbons (Fsp3) is 0.286. The van der Waals surface area contributed by atoms with Gasteiger partial charge in [-0.15, -0.1) is 10.2 Å². The van der Waals surface area contributed by atoms with Crippen LogP contribution < -0.4 is 4.90 Å². The van der Waals surface area contributed by atoms with E-state index >= 15 is 0 Å². The summed E-state index contributed by atoms with van der Waals surface area (Å²) >= 11 is 0. The Labute approximate surface area is 156 Å². The van der Waals surface area contributed by atoms with Crippen molar-refractivity contribution in [3.05, 3.63) is 53.8 Å². The number of piperidine rings is 1. The topological polar surface area (TPSA) is 46.3 Å². The van der Waals surface area contributed by atoms with Crippen molar-refractivity contribution in [1.29, 1.82) is 0 Å². The highest BCUT2D eigenvalue weighted by atomic mass is 19.1. The van der Waals surface area contributed by atoms with Crippen molar-refractivity contribution in [3.63, 3.8) is 0 Å². The van der Waals surface area contributed by atoms with Crippen LogP contribution in [-0.2, 0) is 0 Å². The van der Waals surface area contributed by atoms with Gasteiger partial charge in [0.1, 0.15) is 5.82 Å². The molecule has 0 atom stereocenters. The molecule has 4 aromatic rings. The average Bonchev–Trinajstić information content (AvgIpc) is 3.14. The molecular formula is C21H20FN5. The van der Waals surface area contributed by atoms with Crippen LogP contribution in [0.15, 0.2) is 42.5 Å². The zero-order valence-corrected chi connectivity index (χ0v) is 15.2. The maximum absolute atomic E-state index is 14.5. The van der Waals surface area contributed by atoms with E-state index in [2.05, 4.69) is 27.2 Å². The zero-order valence-electron chi connectivity index (χ0n) is 15.2. The Kier molecular flexibility index (Phi) is 3.77. The number of hydrogen-bond acceptors (Lipinski definition) is 4. The maximum atomic E-state index is 14.5. The third kappa shape index (κ3) is 2.63. The smallest absolute Gasteiger partial charge is 0.213 e. The molecule has 0 N–H and O–H groups in total. The Morgan fingerprint density at radius 1 is 0.963 bits per heavy atom. The molecule has 2 aromatic heterocycles. The zero-order chi connectivity index (χ0) is 18.4. The highest BCUT2D eigenvalue weighted by Gasteiger charge is 2.22. The van der Waals surface area contributed by atoms with E-state index in [9.17, 15) is 4.39 Å². The van der Waals surface area contributed by atoms with E-state index in [0.29, 0.717) is 11.4 Å². The van der Waals surface area contributed by atoms with Gasteiger partial charge in [0.05, 0.1) is 11.1 Å². The Balaban J connectivity index is 1.86. The first-order chi connectivity index (χ1) is 13.2. The van der Waals surface area contributed by atoms with Gasteiger partial charge >= 0.3 is 0 Å². The SMILES string of the molecule is Cc1ccc2nc(N3CCCCC3)n3c(-c4ccccc4F)nnc3c2c1. The number of benzene rings is 2. The van der Waals surface area contributed by atoms with Crippen LogP contribution in [0.25, 0.3) is 27.9 Å². The summed E-state index contributed by atoms with van der Waals surface area (Å²) in [7, 11) is 0. The molecule has 3 heterocycles. The fourth-order valence-corrected chi connectivity index (χ4v) is 3.86. The number of rotatable bonds is 2. The van der Waals surface area contributed by atoms with Gasteiger partial charge in [0.25, 0.3) is 0 Å². The molecule has 2 aromatic carbocycles. The van der Waals surface area contributed by atoms with Crippen molar-refractivity contribution >= 4 is 22.5 Å². The van der Waals surface area contributed by atoms with Gasteiger partial charge in [0.15, 0.2) is 11.5 Å². The summed E-state index contributed by atoms with van der Waals surface area (Å²) in [6, 6.07) is 12.8. The molecule has 0 bridgehead atoms. The summed E-state index contributed by atoms with van der Waals surface area (Å²) in [5.74, 6) is 0.990. The standard InChI is InChI=1S/C21H20FN5/c1-14-9-10-18-16(13-14)20-25-24-19(15-7-3-4-8-17(15)22)27(20)21(23-18)26-11-5-2-6-12-26/h3-4,7-10,13H,2,5-6,11-12H2,1H3. The van der Waals surface area contributed by atoms with Crippen molar-refractivity contribution < 1.29 is 4.39 Å². The minimum Gasteiger partial charge on any atom is -0.342 e. The molecule has 1 aliphatic heterocycles. The van der Waals surface area contributed by atoms with E-state index in [1.54, 1.807) is 12.1 Å². The number of aryl methyl sites for hydroxylation is 1. The van der Waals surface area contributed by atoms with Crippen molar-refractivity contribution in [2.75, 3.05) is 18.0 Å². The molecule has 1 saturated heterocycles. The van der Waals surface area contributed by atoms with E-state index in [0.717, 1.165) is 54.0 Å². The van der Waals surface area contributed by atoms with Gasteiger partial charge in [-0.2, -0.15) is 0 Å². The molecule has 0 aliphatic carbocycles. The predicted molar refractivity (Wildman–Crippen MR) is 104 cm³/mol. The first-order valence-corrected chi connectivity index (χ1v) is 9.38. The molecule has 0 unspecified atom stereocenters. The van der Waals surface area contributed by atoms with Gasteiger partial charge in [-0.1, -0.05) is 23.8 Å². The van der Waals surface area contributed by atoms with Crippen LogP contribution in [0.1, 0.15) is 24.8 Å². The lowest BCUT2D eigenvalue weighted by molar-refractivity contribution is 0.567. The number of nitrogens with zero attached hydrogens (tertiary/aromatic N) is 5. The highest BCUT2D eigenvalue weighted by Crippen LogP contribution is 2.31. The Hall–Kier alpha value is -3.02. The van der Waals surface area contributed by atoms with Gasteiger partial charge < -0.3 is 4.90 Å². The molecule has 1 aliphatic rings. The molecule has 5 nitrogen and oxygen atoms in total. The van der Waals surface area contributed by atoms with E-state index in [4.69, 9.17) is 4.98 Å². The lowest BCUT2D eigenvalue weighted by Gasteiger charge is -2.28. The Bertz CT molecular complexity index is 1140. The third-order valence-electron chi connectivity index (χ3n) is 5.23. The molecule has 1 fully saturated rings. The molecule has 136 valence electrons. The van der Waals surface area contributed by atoms with Gasteiger partial charge in [0, 0.05) is 18.5 Å². The Morgan fingerprint density at radius 2 is 1.78 bits per heavy atom. The van der Waals surface area contributed by atoms with Crippen LogP contribution in [0.5, 0.6) is 0 Å². The van der Waals surface area contributed by atoms with Gasteiger partial charge in [0.2, 0.25) is 5.95 Å². The predicted octanol–water partition coefficient (Wildman–Crippen LogP) is 4.38. The minimum absolute atomic E-state index is 0.305. The molecule has 0 amide bonds. The van der Waals surface area contributed by atoms with Crippen LogP contribution >= 0.6 is 0 Å². The number of anilines is 1. The molecule has 5 rings (SSSR count). The lowest BCUT2D eigenvalue weighted by Crippen LogP contribution is -2.32. The van der Waals surface area contributed by atoms with Gasteiger partial charge in [-0.25, -0.2) is 13.8 Å². The number of hydrogen-bond donors (Lipinski definition) is 0. The maximum Gasteiger partial charge on any atom is 0.213 e. The second-order valence-corrected chi connectivity index (χ2v) is 7.14. The second kappa shape index (κ2) is 6.30. The molecule has 0 saturated carbocycles. The lowest BCUT2D eigenvalue weighted by atomic mass is 10.1. The van der Waals surface area contributed by atoms with E-state index < -0.39 is 0 Å². The highest BCUT2D eigenvalue weighted by molar-refractivity contribution is 5.94. The third-order valence-corrected chi connectivity index (χ3v) is 5.23. The van der Waals surface area contributed by atoms with Crippen molar-refractivity contribution in [1.82, 2.24) is 19.6 Å². The largest absolute Gasteiger partial charge is 0.342 e. The summed E-state index contributed by atoms with van der Waals surface area (Å²) in [5.41, 5.74) is 3.19. The summed E-state index contributed by atoms with van der Waals surface area (Å²) in [4.78, 5) is 7.21. The number of halogens is 1. The van der Waals surface area contributed by atoms with E-state index in [-0.39, 0.29) is 5.82 Å². The van der Waals surface area contributed by atoms with Crippen LogP contribution in [-0.4, -0.2) is 32.7 Å². The minimum atomic E-state index is -0.305. The van der Waals surface area contributed by atoms with Crippen LogP contribution in [0, 0.1) is 12.7 Å².